The lowest BCUT2D eigenvalue weighted by molar-refractivity contribution is -0.121. The van der Waals surface area contributed by atoms with E-state index in [1.807, 2.05) is 55.5 Å². The van der Waals surface area contributed by atoms with Gasteiger partial charge < -0.3 is 15.0 Å². The van der Waals surface area contributed by atoms with Crippen LogP contribution in [-0.4, -0.2) is 31.5 Å². The standard InChI is InChI=1S/C21H25ClN2O3/c1-3-27-20-10-5-4-9-19(20)24(16(2)25)14-12-21(26)23-13-11-17-7-6-8-18(22)15-17/h4-10,15H,3,11-14H2,1-2H3,(H,23,26). The molecule has 0 saturated carbocycles. The molecule has 5 nitrogen and oxygen atoms in total. The van der Waals surface area contributed by atoms with Crippen LogP contribution >= 0.6 is 11.6 Å². The van der Waals surface area contributed by atoms with Crippen LogP contribution in [0.15, 0.2) is 48.5 Å². The number of ether oxygens (including phenoxy) is 1. The van der Waals surface area contributed by atoms with E-state index in [0.717, 1.165) is 5.56 Å². The Morgan fingerprint density at radius 3 is 2.63 bits per heavy atom. The number of amides is 2. The number of carbonyl (C=O) groups is 2. The summed E-state index contributed by atoms with van der Waals surface area (Å²) in [7, 11) is 0. The molecule has 0 heterocycles. The van der Waals surface area contributed by atoms with Crippen molar-refractivity contribution in [2.24, 2.45) is 0 Å². The summed E-state index contributed by atoms with van der Waals surface area (Å²) in [6, 6.07) is 14.9. The Morgan fingerprint density at radius 1 is 1.15 bits per heavy atom. The highest BCUT2D eigenvalue weighted by Crippen LogP contribution is 2.28. The maximum atomic E-state index is 12.2. The van der Waals surface area contributed by atoms with Crippen molar-refractivity contribution in [3.05, 3.63) is 59.1 Å². The van der Waals surface area contributed by atoms with Gasteiger partial charge in [-0.15, -0.1) is 0 Å². The lowest BCUT2D eigenvalue weighted by Gasteiger charge is -2.23. The van der Waals surface area contributed by atoms with Crippen LogP contribution in [0.2, 0.25) is 5.02 Å². The Kier molecular flexibility index (Phi) is 8.14. The normalized spacial score (nSPS) is 10.3. The zero-order valence-corrected chi connectivity index (χ0v) is 16.5. The highest BCUT2D eigenvalue weighted by molar-refractivity contribution is 6.30. The number of hydrogen-bond acceptors (Lipinski definition) is 3. The molecule has 0 fully saturated rings. The van der Waals surface area contributed by atoms with Crippen molar-refractivity contribution in [2.45, 2.75) is 26.7 Å². The first-order valence-electron chi connectivity index (χ1n) is 9.02. The molecule has 6 heteroatoms. The molecular weight excluding hydrogens is 364 g/mol. The smallest absolute Gasteiger partial charge is 0.223 e. The molecule has 0 radical (unpaired) electrons. The van der Waals surface area contributed by atoms with E-state index in [1.54, 1.807) is 4.90 Å². The van der Waals surface area contributed by atoms with Gasteiger partial charge in [0.05, 0.1) is 12.3 Å². The summed E-state index contributed by atoms with van der Waals surface area (Å²) in [4.78, 5) is 25.8. The van der Waals surface area contributed by atoms with Gasteiger partial charge in [-0.1, -0.05) is 35.9 Å². The van der Waals surface area contributed by atoms with Gasteiger partial charge in [-0.25, -0.2) is 0 Å². The molecule has 0 spiro atoms. The van der Waals surface area contributed by atoms with Crippen molar-refractivity contribution in [1.82, 2.24) is 5.32 Å². The van der Waals surface area contributed by atoms with Crippen LogP contribution in [0.1, 0.15) is 25.8 Å². The quantitative estimate of drug-likeness (QED) is 0.710. The molecular formula is C21H25ClN2O3. The zero-order valence-electron chi connectivity index (χ0n) is 15.7. The lowest BCUT2D eigenvalue weighted by Crippen LogP contribution is -2.34. The van der Waals surface area contributed by atoms with Crippen LogP contribution in [0, 0.1) is 0 Å². The minimum atomic E-state index is -0.131. The van der Waals surface area contributed by atoms with E-state index in [1.165, 1.54) is 6.92 Å². The molecule has 27 heavy (non-hydrogen) atoms. The third-order valence-corrected chi connectivity index (χ3v) is 4.26. The Labute approximate surface area is 165 Å². The first-order chi connectivity index (χ1) is 13.0. The number of halogens is 1. The average Bonchev–Trinajstić information content (AvgIpc) is 2.63. The summed E-state index contributed by atoms with van der Waals surface area (Å²) in [5.74, 6) is 0.405. The minimum Gasteiger partial charge on any atom is -0.492 e. The number of hydrogen-bond donors (Lipinski definition) is 1. The highest BCUT2D eigenvalue weighted by atomic mass is 35.5. The molecule has 1 N–H and O–H groups in total. The second-order valence-corrected chi connectivity index (χ2v) is 6.49. The predicted molar refractivity (Wildman–Crippen MR) is 108 cm³/mol. The number of rotatable bonds is 9. The van der Waals surface area contributed by atoms with Crippen LogP contribution in [0.5, 0.6) is 5.75 Å². The topological polar surface area (TPSA) is 58.6 Å². The lowest BCUT2D eigenvalue weighted by atomic mass is 10.1. The molecule has 0 aliphatic carbocycles. The van der Waals surface area contributed by atoms with Gasteiger partial charge in [0.2, 0.25) is 11.8 Å². The SMILES string of the molecule is CCOc1ccccc1N(CCC(=O)NCCc1cccc(Cl)c1)C(C)=O. The number of benzene rings is 2. The van der Waals surface area contributed by atoms with Gasteiger partial charge in [-0.3, -0.25) is 9.59 Å². The van der Waals surface area contributed by atoms with Gasteiger partial charge in [-0.2, -0.15) is 0 Å². The van der Waals surface area contributed by atoms with Crippen LogP contribution in [-0.2, 0) is 16.0 Å². The Bertz CT molecular complexity index is 780. The fraction of sp³-hybridized carbons (Fsp3) is 0.333. The molecule has 2 amide bonds. The van der Waals surface area contributed by atoms with E-state index in [0.29, 0.717) is 42.6 Å². The van der Waals surface area contributed by atoms with Crippen molar-refractivity contribution in [2.75, 3.05) is 24.6 Å². The molecule has 0 aliphatic rings. The van der Waals surface area contributed by atoms with Crippen molar-refractivity contribution in [3.63, 3.8) is 0 Å². The predicted octanol–water partition coefficient (Wildman–Crippen LogP) is 3.84. The molecule has 144 valence electrons. The van der Waals surface area contributed by atoms with Crippen molar-refractivity contribution in [1.29, 1.82) is 0 Å². The molecule has 0 bridgehead atoms. The highest BCUT2D eigenvalue weighted by Gasteiger charge is 2.17. The second-order valence-electron chi connectivity index (χ2n) is 6.05. The Balaban J connectivity index is 1.88. The van der Waals surface area contributed by atoms with E-state index in [-0.39, 0.29) is 18.2 Å². The van der Waals surface area contributed by atoms with Crippen LogP contribution in [0.4, 0.5) is 5.69 Å². The molecule has 0 aromatic heterocycles. The fourth-order valence-electron chi connectivity index (χ4n) is 2.75. The van der Waals surface area contributed by atoms with Crippen LogP contribution < -0.4 is 15.0 Å². The molecule has 0 unspecified atom stereocenters. The summed E-state index contributed by atoms with van der Waals surface area (Å²) in [5, 5.41) is 3.57. The number of para-hydroxylation sites is 2. The molecule has 2 rings (SSSR count). The van der Waals surface area contributed by atoms with Gasteiger partial charge in [0.25, 0.3) is 0 Å². The maximum Gasteiger partial charge on any atom is 0.223 e. The summed E-state index contributed by atoms with van der Waals surface area (Å²) < 4.78 is 5.59. The van der Waals surface area contributed by atoms with E-state index < -0.39 is 0 Å². The number of nitrogens with zero attached hydrogens (tertiary/aromatic N) is 1. The molecule has 0 atom stereocenters. The zero-order chi connectivity index (χ0) is 19.6. The largest absolute Gasteiger partial charge is 0.492 e. The molecule has 0 saturated heterocycles. The molecule has 2 aromatic carbocycles. The summed E-state index contributed by atoms with van der Waals surface area (Å²) in [5.41, 5.74) is 1.75. The van der Waals surface area contributed by atoms with Gasteiger partial charge in [0, 0.05) is 31.5 Å². The van der Waals surface area contributed by atoms with Crippen molar-refractivity contribution in [3.8, 4) is 5.75 Å². The van der Waals surface area contributed by atoms with Crippen molar-refractivity contribution >= 4 is 29.1 Å². The van der Waals surface area contributed by atoms with Gasteiger partial charge in [0.15, 0.2) is 0 Å². The monoisotopic (exact) mass is 388 g/mol. The number of nitrogens with one attached hydrogen (secondary N) is 1. The number of anilines is 1. The second kappa shape index (κ2) is 10.6. The first-order valence-corrected chi connectivity index (χ1v) is 9.40. The molecule has 2 aromatic rings. The third kappa shape index (κ3) is 6.61. The van der Waals surface area contributed by atoms with Crippen molar-refractivity contribution < 1.29 is 14.3 Å². The molecule has 0 aliphatic heterocycles. The fourth-order valence-corrected chi connectivity index (χ4v) is 2.96. The van der Waals surface area contributed by atoms with Gasteiger partial charge >= 0.3 is 0 Å². The average molecular weight is 389 g/mol. The van der Waals surface area contributed by atoms with E-state index in [9.17, 15) is 9.59 Å². The third-order valence-electron chi connectivity index (χ3n) is 4.02. The van der Waals surface area contributed by atoms with E-state index in [4.69, 9.17) is 16.3 Å². The summed E-state index contributed by atoms with van der Waals surface area (Å²) in [6.07, 6.45) is 0.922. The van der Waals surface area contributed by atoms with Crippen LogP contribution in [0.25, 0.3) is 0 Å². The summed E-state index contributed by atoms with van der Waals surface area (Å²) >= 11 is 5.96. The van der Waals surface area contributed by atoms with Gasteiger partial charge in [0.1, 0.15) is 5.75 Å². The Hall–Kier alpha value is -2.53. The van der Waals surface area contributed by atoms with E-state index in [2.05, 4.69) is 5.32 Å². The minimum absolute atomic E-state index is 0.0998. The number of carbonyl (C=O) groups excluding carboxylic acids is 2. The summed E-state index contributed by atoms with van der Waals surface area (Å²) in [6.45, 7) is 4.70. The van der Waals surface area contributed by atoms with Gasteiger partial charge in [-0.05, 0) is 43.2 Å². The first kappa shape index (κ1) is 20.8. The van der Waals surface area contributed by atoms with Crippen LogP contribution in [0.3, 0.4) is 0 Å². The van der Waals surface area contributed by atoms with E-state index >= 15 is 0 Å². The Morgan fingerprint density at radius 2 is 1.93 bits per heavy atom. The maximum absolute atomic E-state index is 12.2.